The van der Waals surface area contributed by atoms with Gasteiger partial charge in [0.1, 0.15) is 0 Å². The minimum Gasteiger partial charge on any atom is -0.493 e. The molecular weight excluding hydrogens is 360 g/mol. The molecule has 2 aromatic rings. The van der Waals surface area contributed by atoms with E-state index < -0.39 is 6.23 Å². The van der Waals surface area contributed by atoms with Crippen LogP contribution in [-0.4, -0.2) is 59.4 Å². The molecule has 7 nitrogen and oxygen atoms in total. The SMILES string of the molecule is COc1cc(C(=O)NC(OCCN(C)C)c2ccccc2)cc(OC)c1OC. The van der Waals surface area contributed by atoms with Gasteiger partial charge in [0.15, 0.2) is 17.7 Å². The zero-order valence-corrected chi connectivity index (χ0v) is 17.0. The molecule has 0 heterocycles. The zero-order valence-electron chi connectivity index (χ0n) is 17.0. The van der Waals surface area contributed by atoms with Gasteiger partial charge >= 0.3 is 0 Å². The summed E-state index contributed by atoms with van der Waals surface area (Å²) in [6.07, 6.45) is -0.576. The van der Waals surface area contributed by atoms with E-state index in [1.54, 1.807) is 12.1 Å². The third kappa shape index (κ3) is 5.61. The average Bonchev–Trinajstić information content (AvgIpc) is 2.72. The van der Waals surface area contributed by atoms with Crippen LogP contribution in [0.3, 0.4) is 0 Å². The normalized spacial score (nSPS) is 11.8. The van der Waals surface area contributed by atoms with Gasteiger partial charge in [-0.1, -0.05) is 30.3 Å². The zero-order chi connectivity index (χ0) is 20.5. The van der Waals surface area contributed by atoms with Crippen molar-refractivity contribution in [2.75, 3.05) is 48.6 Å². The van der Waals surface area contributed by atoms with Crippen LogP contribution in [0.15, 0.2) is 42.5 Å². The first-order valence-electron chi connectivity index (χ1n) is 8.92. The molecular formula is C21H28N2O5. The maximum atomic E-state index is 12.9. The van der Waals surface area contributed by atoms with Crippen molar-refractivity contribution in [3.8, 4) is 17.2 Å². The van der Waals surface area contributed by atoms with E-state index in [0.717, 1.165) is 12.1 Å². The molecule has 152 valence electrons. The summed E-state index contributed by atoms with van der Waals surface area (Å²) in [5, 5.41) is 2.93. The van der Waals surface area contributed by atoms with Crippen LogP contribution >= 0.6 is 0 Å². The highest BCUT2D eigenvalue weighted by Gasteiger charge is 2.20. The van der Waals surface area contributed by atoms with Gasteiger partial charge in [-0.2, -0.15) is 0 Å². The second kappa shape index (κ2) is 10.5. The molecule has 0 saturated heterocycles. The molecule has 2 aromatic carbocycles. The number of amides is 1. The fraction of sp³-hybridized carbons (Fsp3) is 0.381. The summed E-state index contributed by atoms with van der Waals surface area (Å²) < 4.78 is 21.9. The van der Waals surface area contributed by atoms with E-state index in [9.17, 15) is 4.79 Å². The van der Waals surface area contributed by atoms with Gasteiger partial charge in [-0.3, -0.25) is 4.79 Å². The molecule has 1 unspecified atom stereocenters. The first-order chi connectivity index (χ1) is 13.5. The summed E-state index contributed by atoms with van der Waals surface area (Å²) in [5.41, 5.74) is 1.24. The lowest BCUT2D eigenvalue weighted by Crippen LogP contribution is -2.32. The van der Waals surface area contributed by atoms with E-state index in [2.05, 4.69) is 5.32 Å². The first kappa shape index (κ1) is 21.5. The fourth-order valence-electron chi connectivity index (χ4n) is 2.62. The molecule has 0 bridgehead atoms. The van der Waals surface area contributed by atoms with Crippen molar-refractivity contribution in [1.29, 1.82) is 0 Å². The molecule has 0 radical (unpaired) electrons. The molecule has 1 N–H and O–H groups in total. The molecule has 1 atom stereocenters. The lowest BCUT2D eigenvalue weighted by Gasteiger charge is -2.21. The number of carbonyl (C=O) groups excluding carboxylic acids is 1. The molecule has 7 heteroatoms. The summed E-state index contributed by atoms with van der Waals surface area (Å²) in [6.45, 7) is 1.21. The Labute approximate surface area is 166 Å². The summed E-state index contributed by atoms with van der Waals surface area (Å²) >= 11 is 0. The number of carbonyl (C=O) groups is 1. The Bertz CT molecular complexity index is 740. The van der Waals surface area contributed by atoms with Crippen molar-refractivity contribution in [2.24, 2.45) is 0 Å². The van der Waals surface area contributed by atoms with Crippen LogP contribution in [0.5, 0.6) is 17.2 Å². The highest BCUT2D eigenvalue weighted by molar-refractivity contribution is 5.95. The van der Waals surface area contributed by atoms with Crippen LogP contribution < -0.4 is 19.5 Å². The predicted molar refractivity (Wildman–Crippen MR) is 107 cm³/mol. The average molecular weight is 388 g/mol. The summed E-state index contributed by atoms with van der Waals surface area (Å²) in [5.74, 6) is 0.954. The quantitative estimate of drug-likeness (QED) is 0.631. The smallest absolute Gasteiger partial charge is 0.253 e. The lowest BCUT2D eigenvalue weighted by molar-refractivity contribution is 0.0205. The number of hydrogen-bond donors (Lipinski definition) is 1. The Morgan fingerprint density at radius 3 is 2.11 bits per heavy atom. The van der Waals surface area contributed by atoms with Crippen molar-refractivity contribution in [3.63, 3.8) is 0 Å². The van der Waals surface area contributed by atoms with Gasteiger partial charge in [0, 0.05) is 17.7 Å². The van der Waals surface area contributed by atoms with E-state index in [1.165, 1.54) is 21.3 Å². The number of hydrogen-bond acceptors (Lipinski definition) is 6. The number of likely N-dealkylation sites (N-methyl/N-ethyl adjacent to an activating group) is 1. The Morgan fingerprint density at radius 1 is 1.00 bits per heavy atom. The van der Waals surface area contributed by atoms with Crippen LogP contribution in [0.1, 0.15) is 22.1 Å². The van der Waals surface area contributed by atoms with Gasteiger partial charge in [0.25, 0.3) is 5.91 Å². The van der Waals surface area contributed by atoms with Gasteiger partial charge < -0.3 is 29.2 Å². The largest absolute Gasteiger partial charge is 0.493 e. The Hall–Kier alpha value is -2.77. The van der Waals surface area contributed by atoms with E-state index in [0.29, 0.717) is 29.4 Å². The molecule has 2 rings (SSSR count). The molecule has 28 heavy (non-hydrogen) atoms. The topological polar surface area (TPSA) is 69.3 Å². The fourth-order valence-corrected chi connectivity index (χ4v) is 2.62. The van der Waals surface area contributed by atoms with Crippen LogP contribution in [0.2, 0.25) is 0 Å². The van der Waals surface area contributed by atoms with E-state index in [-0.39, 0.29) is 5.91 Å². The molecule has 0 spiro atoms. The number of nitrogens with one attached hydrogen (secondary N) is 1. The van der Waals surface area contributed by atoms with Crippen molar-refractivity contribution < 1.29 is 23.7 Å². The van der Waals surface area contributed by atoms with Crippen molar-refractivity contribution in [1.82, 2.24) is 10.2 Å². The third-order valence-electron chi connectivity index (χ3n) is 4.11. The second-order valence-electron chi connectivity index (χ2n) is 6.35. The summed E-state index contributed by atoms with van der Waals surface area (Å²) in [4.78, 5) is 14.9. The molecule has 0 fully saturated rings. The van der Waals surface area contributed by atoms with Gasteiger partial charge in [-0.05, 0) is 26.2 Å². The second-order valence-corrected chi connectivity index (χ2v) is 6.35. The molecule has 1 amide bonds. The van der Waals surface area contributed by atoms with Crippen LogP contribution in [0, 0.1) is 0 Å². The van der Waals surface area contributed by atoms with E-state index in [1.807, 2.05) is 49.3 Å². The van der Waals surface area contributed by atoms with Gasteiger partial charge in [0.2, 0.25) is 5.75 Å². The molecule has 0 saturated carbocycles. The van der Waals surface area contributed by atoms with Gasteiger partial charge in [0.05, 0.1) is 27.9 Å². The van der Waals surface area contributed by atoms with Crippen molar-refractivity contribution >= 4 is 5.91 Å². The molecule has 0 aliphatic carbocycles. The monoisotopic (exact) mass is 388 g/mol. The Morgan fingerprint density at radius 2 is 1.61 bits per heavy atom. The number of ether oxygens (including phenoxy) is 4. The molecule has 0 aliphatic heterocycles. The van der Waals surface area contributed by atoms with Crippen LogP contribution in [0.4, 0.5) is 0 Å². The number of nitrogens with zero attached hydrogens (tertiary/aromatic N) is 1. The van der Waals surface area contributed by atoms with Crippen LogP contribution in [-0.2, 0) is 4.74 Å². The van der Waals surface area contributed by atoms with E-state index >= 15 is 0 Å². The molecule has 0 aromatic heterocycles. The van der Waals surface area contributed by atoms with Gasteiger partial charge in [-0.25, -0.2) is 0 Å². The first-order valence-corrected chi connectivity index (χ1v) is 8.92. The minimum absolute atomic E-state index is 0.307. The Kier molecular flexibility index (Phi) is 8.10. The highest BCUT2D eigenvalue weighted by atomic mass is 16.5. The number of methoxy groups -OCH3 is 3. The van der Waals surface area contributed by atoms with Gasteiger partial charge in [-0.15, -0.1) is 0 Å². The van der Waals surface area contributed by atoms with Crippen molar-refractivity contribution in [3.05, 3.63) is 53.6 Å². The highest BCUT2D eigenvalue weighted by Crippen LogP contribution is 2.38. The Balaban J connectivity index is 2.25. The predicted octanol–water partition coefficient (Wildman–Crippen LogP) is 2.72. The molecule has 0 aliphatic rings. The number of rotatable bonds is 10. The third-order valence-corrected chi connectivity index (χ3v) is 4.11. The maximum absolute atomic E-state index is 12.9. The standard InChI is InChI=1S/C21H28N2O5/c1-23(2)11-12-28-21(15-9-7-6-8-10-15)22-20(24)16-13-17(25-3)19(27-5)18(14-16)26-4/h6-10,13-14,21H,11-12H2,1-5H3,(H,22,24). The lowest BCUT2D eigenvalue weighted by atomic mass is 10.1. The van der Waals surface area contributed by atoms with E-state index in [4.69, 9.17) is 18.9 Å². The summed E-state index contributed by atoms with van der Waals surface area (Å²) in [6, 6.07) is 12.8. The van der Waals surface area contributed by atoms with Crippen LogP contribution in [0.25, 0.3) is 0 Å². The summed E-state index contributed by atoms with van der Waals surface area (Å²) in [7, 11) is 8.47. The number of benzene rings is 2. The van der Waals surface area contributed by atoms with Crippen molar-refractivity contribution in [2.45, 2.75) is 6.23 Å². The maximum Gasteiger partial charge on any atom is 0.253 e. The minimum atomic E-state index is -0.576.